The van der Waals surface area contributed by atoms with E-state index >= 15 is 0 Å². The fourth-order valence-electron chi connectivity index (χ4n) is 9.92. The molecule has 3 N–H and O–H groups in total. The molecule has 366 valence electrons. The summed E-state index contributed by atoms with van der Waals surface area (Å²) < 4.78 is 22.9. The molecular weight excluding hydrogens is 946 g/mol. The Morgan fingerprint density at radius 1 is 0.563 bits per heavy atom. The minimum atomic E-state index is -1.02. The lowest BCUT2D eigenvalue weighted by Gasteiger charge is -2.41. The number of fused-ring (bicyclic) bond motifs is 4. The van der Waals surface area contributed by atoms with Crippen molar-refractivity contribution in [2.45, 2.75) is 76.3 Å². The van der Waals surface area contributed by atoms with Gasteiger partial charge in [-0.2, -0.15) is 5.90 Å². The van der Waals surface area contributed by atoms with Gasteiger partial charge in [0.15, 0.2) is 23.0 Å². The number of amides is 2. The predicted octanol–water partition coefficient (Wildman–Crippen LogP) is 11.3. The average molecular weight is 999 g/mol. The Kier molecular flexibility index (Phi) is 13.3. The number of carboxylic acids is 1. The zero-order valence-corrected chi connectivity index (χ0v) is 41.5. The third-order valence-electron chi connectivity index (χ3n) is 13.2. The van der Waals surface area contributed by atoms with Crippen LogP contribution in [0.3, 0.4) is 0 Å². The molecule has 71 heavy (non-hydrogen) atoms. The summed E-state index contributed by atoms with van der Waals surface area (Å²) in [5.74, 6) is 3.60. The molecule has 4 atom stereocenters. The number of nitrogens with two attached hydrogens (primary N) is 1. The van der Waals surface area contributed by atoms with Gasteiger partial charge in [0.25, 0.3) is 11.8 Å². The molecule has 2 amide bonds. The highest BCUT2D eigenvalue weighted by Crippen LogP contribution is 2.50. The van der Waals surface area contributed by atoms with Crippen molar-refractivity contribution < 1.29 is 48.1 Å². The molecule has 0 saturated carbocycles. The summed E-state index contributed by atoms with van der Waals surface area (Å²) in [6, 6.07) is 34.1. The molecule has 4 aliphatic rings. The van der Waals surface area contributed by atoms with Crippen LogP contribution in [-0.4, -0.2) is 55.3 Å². The first-order valence-corrected chi connectivity index (χ1v) is 24.0. The molecule has 0 saturated heterocycles. The number of carbonyl (C=O) groups is 4. The highest BCUT2D eigenvalue weighted by Gasteiger charge is 2.48. The number of ether oxygens (including phenoxy) is 4. The van der Waals surface area contributed by atoms with E-state index in [2.05, 4.69) is 41.5 Å². The normalized spacial score (nSPS) is 19.2. The second-order valence-corrected chi connectivity index (χ2v) is 20.6. The molecule has 6 aromatic rings. The highest BCUT2D eigenvalue weighted by molar-refractivity contribution is 6.32. The summed E-state index contributed by atoms with van der Waals surface area (Å²) in [7, 11) is 0. The first-order chi connectivity index (χ1) is 33.9. The van der Waals surface area contributed by atoms with E-state index in [1.165, 1.54) is 0 Å². The summed E-state index contributed by atoms with van der Waals surface area (Å²) in [4.78, 5) is 61.6. The second-order valence-electron chi connectivity index (χ2n) is 19.8. The first-order valence-electron chi connectivity index (χ1n) is 23.2. The molecule has 15 heteroatoms. The minimum absolute atomic E-state index is 0.185. The molecule has 0 bridgehead atoms. The smallest absolute Gasteiger partial charge is 0.334 e. The van der Waals surface area contributed by atoms with Crippen molar-refractivity contribution in [1.29, 1.82) is 0 Å². The Morgan fingerprint density at radius 3 is 1.35 bits per heavy atom. The van der Waals surface area contributed by atoms with Gasteiger partial charge in [0.05, 0.1) is 12.1 Å². The van der Waals surface area contributed by atoms with Gasteiger partial charge in [-0.25, -0.2) is 4.79 Å². The molecule has 0 spiro atoms. The lowest BCUT2D eigenvalue weighted by atomic mass is 9.79. The van der Waals surface area contributed by atoms with Gasteiger partial charge < -0.3 is 28.9 Å². The third-order valence-corrected chi connectivity index (χ3v) is 13.8. The molecule has 0 unspecified atom stereocenters. The van der Waals surface area contributed by atoms with Crippen LogP contribution in [0.2, 0.25) is 10.0 Å². The number of nitrogens with zero attached hydrogens (tertiary/aromatic N) is 2. The largest absolute Gasteiger partial charge is 0.486 e. The Labute approximate surface area is 421 Å². The molecule has 0 radical (unpaired) electrons. The van der Waals surface area contributed by atoms with E-state index in [-0.39, 0.29) is 22.6 Å². The minimum Gasteiger partial charge on any atom is -0.486 e. The molecule has 4 heterocycles. The Hall–Kier alpha value is -7.06. The quantitative estimate of drug-likeness (QED) is 0.152. The summed E-state index contributed by atoms with van der Waals surface area (Å²) in [6.45, 7) is 14.1. The predicted molar refractivity (Wildman–Crippen MR) is 271 cm³/mol. The lowest BCUT2D eigenvalue weighted by Crippen LogP contribution is -2.46. The van der Waals surface area contributed by atoms with Crippen molar-refractivity contribution in [2.24, 2.45) is 5.90 Å². The standard InChI is InChI=1S/C28H27ClN2O5.C28H26ClNO5/c1-28(2,3)20-10-9-17(15-21(20)29)31-25(16-8-11-22-23(14-16)35-13-12-34-22)24(27(33)36-30)18-6-4-5-7-19(18)26(31)32;1-28(2,3)20-10-9-17(15-21(20)29)30-25(16-8-11-22-23(14-16)35-13-12-34-22)24(27(32)33)18-6-4-5-7-19(18)26(30)31/h4-11,14-15,24-25H,12-13,30H2,1-3H3;4-11,14-15,24-25H,12-13H2,1-3H3,(H,32,33)/t2*24-,25+/m00/s1. The van der Waals surface area contributed by atoms with Gasteiger partial charge in [-0.3, -0.25) is 24.2 Å². The van der Waals surface area contributed by atoms with Gasteiger partial charge in [0.2, 0.25) is 0 Å². The molecular formula is C56H53Cl2N3O10. The van der Waals surface area contributed by atoms with Crippen LogP contribution in [0.5, 0.6) is 23.0 Å². The first kappa shape index (κ1) is 48.9. The van der Waals surface area contributed by atoms with Gasteiger partial charge in [-0.15, -0.1) is 0 Å². The number of rotatable bonds is 6. The van der Waals surface area contributed by atoms with Gasteiger partial charge >= 0.3 is 11.9 Å². The van der Waals surface area contributed by atoms with Crippen LogP contribution in [-0.2, 0) is 25.3 Å². The van der Waals surface area contributed by atoms with Crippen molar-refractivity contribution in [3.63, 3.8) is 0 Å². The third kappa shape index (κ3) is 9.25. The van der Waals surface area contributed by atoms with Crippen LogP contribution in [0.4, 0.5) is 11.4 Å². The van der Waals surface area contributed by atoms with Crippen molar-refractivity contribution in [3.8, 4) is 23.0 Å². The Bertz CT molecular complexity index is 3090. The maximum absolute atomic E-state index is 14.0. The number of hydrogen-bond donors (Lipinski definition) is 2. The monoisotopic (exact) mass is 997 g/mol. The molecule has 6 aromatic carbocycles. The van der Waals surface area contributed by atoms with Crippen LogP contribution in [0.1, 0.15) is 120 Å². The molecule has 10 rings (SSSR count). The zero-order chi connectivity index (χ0) is 50.5. The van der Waals surface area contributed by atoms with Crippen LogP contribution in [0.15, 0.2) is 121 Å². The van der Waals surface area contributed by atoms with Crippen LogP contribution in [0.25, 0.3) is 0 Å². The topological polar surface area (TPSA) is 167 Å². The molecule has 13 nitrogen and oxygen atoms in total. The summed E-state index contributed by atoms with van der Waals surface area (Å²) in [6.07, 6.45) is 0. The summed E-state index contributed by atoms with van der Waals surface area (Å²) in [5.41, 5.74) is 5.73. The van der Waals surface area contributed by atoms with Gasteiger partial charge in [0, 0.05) is 32.5 Å². The van der Waals surface area contributed by atoms with Gasteiger partial charge in [0.1, 0.15) is 38.3 Å². The van der Waals surface area contributed by atoms with E-state index in [4.69, 9.17) is 52.9 Å². The van der Waals surface area contributed by atoms with Crippen molar-refractivity contribution >= 4 is 58.3 Å². The maximum Gasteiger partial charge on any atom is 0.334 e. The number of halogens is 2. The maximum atomic E-state index is 14.0. The van der Waals surface area contributed by atoms with E-state index in [1.54, 1.807) is 101 Å². The number of benzene rings is 6. The van der Waals surface area contributed by atoms with Crippen molar-refractivity contribution in [3.05, 3.63) is 176 Å². The van der Waals surface area contributed by atoms with Crippen molar-refractivity contribution in [2.75, 3.05) is 36.2 Å². The van der Waals surface area contributed by atoms with Crippen molar-refractivity contribution in [1.82, 2.24) is 0 Å². The Balaban J connectivity index is 0.000000176. The number of carboxylic acid groups (broad SMARTS) is 1. The fraction of sp³-hybridized carbons (Fsp3) is 0.286. The number of hydrogen-bond acceptors (Lipinski definition) is 10. The second kappa shape index (κ2) is 19.3. The molecule has 0 aromatic heterocycles. The lowest BCUT2D eigenvalue weighted by molar-refractivity contribution is -0.146. The summed E-state index contributed by atoms with van der Waals surface area (Å²) in [5, 5.41) is 11.4. The zero-order valence-electron chi connectivity index (χ0n) is 40.0. The van der Waals surface area contributed by atoms with Gasteiger partial charge in [-0.1, -0.05) is 125 Å². The van der Waals surface area contributed by atoms with E-state index in [0.29, 0.717) is 104 Å². The number of aliphatic carboxylic acids is 1. The number of carbonyl (C=O) groups excluding carboxylic acids is 3. The van der Waals surface area contributed by atoms with Crippen LogP contribution < -0.4 is 34.6 Å². The average Bonchev–Trinajstić information content (AvgIpc) is 3.35. The van der Waals surface area contributed by atoms with Crippen LogP contribution >= 0.6 is 23.2 Å². The molecule has 0 aliphatic carbocycles. The van der Waals surface area contributed by atoms with E-state index in [0.717, 1.165) is 11.1 Å². The van der Waals surface area contributed by atoms with Gasteiger partial charge in [-0.05, 0) is 105 Å². The van der Waals surface area contributed by atoms with E-state index in [1.807, 2.05) is 30.3 Å². The van der Waals surface area contributed by atoms with E-state index < -0.39 is 35.9 Å². The highest BCUT2D eigenvalue weighted by atomic mass is 35.5. The van der Waals surface area contributed by atoms with Crippen LogP contribution in [0, 0.1) is 0 Å². The summed E-state index contributed by atoms with van der Waals surface area (Å²) >= 11 is 13.4. The Morgan fingerprint density at radius 2 is 0.958 bits per heavy atom. The molecule has 4 aliphatic heterocycles. The number of anilines is 2. The SMILES string of the molecule is CC(C)(C)c1ccc(N2C(=O)c3ccccc3[C@H](C(=O)O)[C@H]2c2ccc3c(c2)OCCO3)cc1Cl.CC(C)(C)c1ccc(N2C(=O)c3ccccc3[C@H](C(=O)ON)[C@H]2c2ccc3c(c2)OCCO3)cc1Cl. The molecule has 0 fully saturated rings. The van der Waals surface area contributed by atoms with E-state index in [9.17, 15) is 24.3 Å². The fourth-order valence-corrected chi connectivity index (χ4v) is 10.8.